The quantitative estimate of drug-likeness (QED) is 0.477. The maximum absolute atomic E-state index is 14.2. The van der Waals surface area contributed by atoms with Gasteiger partial charge in [0.1, 0.15) is 17.6 Å². The van der Waals surface area contributed by atoms with Gasteiger partial charge in [-0.25, -0.2) is 14.4 Å². The molecule has 3 aliphatic rings. The number of rotatable bonds is 4. The van der Waals surface area contributed by atoms with Crippen LogP contribution in [0.3, 0.4) is 0 Å². The lowest BCUT2D eigenvalue weighted by atomic mass is 10.1. The maximum Gasteiger partial charge on any atom is 0.279 e. The molecule has 0 fully saturated rings. The zero-order chi connectivity index (χ0) is 29.4. The number of aromatic nitrogens is 2. The van der Waals surface area contributed by atoms with Crippen molar-refractivity contribution in [3.05, 3.63) is 122 Å². The van der Waals surface area contributed by atoms with Crippen LogP contribution in [0, 0.1) is 11.8 Å². The second-order valence-electron chi connectivity index (χ2n) is 10.0. The van der Waals surface area contributed by atoms with Gasteiger partial charge in [-0.15, -0.1) is 0 Å². The van der Waals surface area contributed by atoms with Crippen molar-refractivity contribution in [3.8, 4) is 17.5 Å². The number of nitrogens with two attached hydrogens (primary N) is 1. The lowest BCUT2D eigenvalue weighted by molar-refractivity contribution is -0.118. The zero-order valence-corrected chi connectivity index (χ0v) is 23.0. The molecule has 0 bridgehead atoms. The fourth-order valence-corrected chi connectivity index (χ4v) is 5.14. The van der Waals surface area contributed by atoms with E-state index in [4.69, 9.17) is 5.73 Å². The van der Waals surface area contributed by atoms with Crippen LogP contribution in [0.15, 0.2) is 115 Å². The molecule has 1 unspecified atom stereocenters. The normalized spacial score (nSPS) is 17.9. The number of carbonyl (C=O) groups excluding carboxylic acids is 1. The van der Waals surface area contributed by atoms with Gasteiger partial charge < -0.3 is 16.0 Å². The Labute approximate surface area is 241 Å². The number of fused-ring (bicyclic) bond motifs is 2. The number of amides is 1. The van der Waals surface area contributed by atoms with Crippen molar-refractivity contribution in [2.45, 2.75) is 26.1 Å². The first-order chi connectivity index (χ1) is 20.3. The van der Waals surface area contributed by atoms with Crippen molar-refractivity contribution in [2.75, 3.05) is 6.54 Å². The first kappa shape index (κ1) is 26.5. The second kappa shape index (κ2) is 10.7. The van der Waals surface area contributed by atoms with Gasteiger partial charge in [0.05, 0.1) is 22.5 Å². The minimum absolute atomic E-state index is 0.0431. The van der Waals surface area contributed by atoms with Crippen LogP contribution in [0.1, 0.15) is 25.6 Å². The molecule has 2 atom stereocenters. The van der Waals surface area contributed by atoms with Gasteiger partial charge in [-0.1, -0.05) is 36.1 Å². The number of nitrogens with zero attached hydrogens (tertiary/aromatic N) is 5. The summed E-state index contributed by atoms with van der Waals surface area (Å²) in [6.45, 7) is 4.07. The van der Waals surface area contributed by atoms with E-state index in [1.165, 1.54) is 9.36 Å². The predicted octanol–water partition coefficient (Wildman–Crippen LogP) is 2.51. The first-order valence-electron chi connectivity index (χ1n) is 13.4. The Morgan fingerprint density at radius 1 is 1.10 bits per heavy atom. The van der Waals surface area contributed by atoms with Gasteiger partial charge in [0.2, 0.25) is 0 Å². The Morgan fingerprint density at radius 3 is 2.67 bits per heavy atom. The van der Waals surface area contributed by atoms with Gasteiger partial charge >= 0.3 is 0 Å². The van der Waals surface area contributed by atoms with Crippen molar-refractivity contribution >= 4 is 29.1 Å². The van der Waals surface area contributed by atoms with Gasteiger partial charge in [0.15, 0.2) is 0 Å². The van der Waals surface area contributed by atoms with E-state index in [-0.39, 0.29) is 28.1 Å². The van der Waals surface area contributed by atoms with Gasteiger partial charge in [-0.05, 0) is 56.3 Å². The predicted molar refractivity (Wildman–Crippen MR) is 163 cm³/mol. The van der Waals surface area contributed by atoms with Crippen LogP contribution in [-0.4, -0.2) is 45.2 Å². The highest BCUT2D eigenvalue weighted by atomic mass is 16.2. The fraction of sp³-hybridized carbons (Fsp3) is 0.156. The maximum atomic E-state index is 14.2. The summed E-state index contributed by atoms with van der Waals surface area (Å²) in [5, 5.41) is 3.25. The highest BCUT2D eigenvalue weighted by Crippen LogP contribution is 2.24. The number of nitrogens with one attached hydrogen (secondary N) is 1. The Kier molecular flexibility index (Phi) is 6.76. The molecule has 0 saturated heterocycles. The highest BCUT2D eigenvalue weighted by Gasteiger charge is 2.28. The van der Waals surface area contributed by atoms with Crippen LogP contribution in [0.5, 0.6) is 0 Å². The number of hydrogen-bond donors (Lipinski definition) is 2. The number of benzene rings is 2. The molecule has 208 valence electrons. The largest absolute Gasteiger partial charge is 0.398 e. The van der Waals surface area contributed by atoms with Gasteiger partial charge in [-0.2, -0.15) is 0 Å². The molecule has 3 N–H and O–H groups in total. The third-order valence-corrected chi connectivity index (χ3v) is 7.11. The molecule has 2 aromatic carbocycles. The minimum Gasteiger partial charge on any atom is -0.398 e. The smallest absolute Gasteiger partial charge is 0.279 e. The third kappa shape index (κ3) is 4.67. The molecule has 10 heteroatoms. The molecule has 1 amide bonds. The minimum atomic E-state index is -0.947. The van der Waals surface area contributed by atoms with Gasteiger partial charge in [0, 0.05) is 42.0 Å². The topological polar surface area (TPSA) is 127 Å². The van der Waals surface area contributed by atoms with Crippen LogP contribution < -0.4 is 22.2 Å². The Morgan fingerprint density at radius 2 is 1.90 bits per heavy atom. The first-order valence-corrected chi connectivity index (χ1v) is 13.4. The Hall–Kier alpha value is -5.69. The van der Waals surface area contributed by atoms with E-state index in [1.807, 2.05) is 19.1 Å². The van der Waals surface area contributed by atoms with Crippen molar-refractivity contribution in [3.63, 3.8) is 0 Å². The van der Waals surface area contributed by atoms with E-state index in [9.17, 15) is 14.4 Å². The molecular formula is C32H27N7O3. The Balaban J connectivity index is 1.49. The van der Waals surface area contributed by atoms with Crippen molar-refractivity contribution in [1.29, 1.82) is 0 Å². The van der Waals surface area contributed by atoms with Crippen molar-refractivity contribution in [2.24, 2.45) is 15.7 Å². The molecule has 0 spiro atoms. The molecule has 0 saturated carbocycles. The van der Waals surface area contributed by atoms with Crippen molar-refractivity contribution < 1.29 is 4.79 Å². The molecule has 10 nitrogen and oxygen atoms in total. The van der Waals surface area contributed by atoms with Crippen LogP contribution in [0.25, 0.3) is 16.5 Å². The molecule has 3 aliphatic heterocycles. The van der Waals surface area contributed by atoms with Crippen LogP contribution in [0.4, 0.5) is 0 Å². The summed E-state index contributed by atoms with van der Waals surface area (Å²) in [4.78, 5) is 52.3. The summed E-state index contributed by atoms with van der Waals surface area (Å²) in [5.74, 6) is 6.01. The molecular weight excluding hydrogens is 530 g/mol. The van der Waals surface area contributed by atoms with Crippen LogP contribution in [0.2, 0.25) is 0 Å². The van der Waals surface area contributed by atoms with Gasteiger partial charge in [-0.3, -0.25) is 19.4 Å². The molecule has 6 rings (SSSR count). The summed E-state index contributed by atoms with van der Waals surface area (Å²) in [6, 6.07) is 13.8. The molecule has 0 radical (unpaired) electrons. The number of aliphatic imine (C=N–C) groups is 2. The van der Waals surface area contributed by atoms with Crippen LogP contribution >= 0.6 is 0 Å². The number of para-hydroxylation sites is 1. The lowest BCUT2D eigenvalue weighted by Crippen LogP contribution is -2.46. The Bertz CT molecular complexity index is 2000. The number of hydrogen-bond acceptors (Lipinski definition) is 7. The number of carbonyl (C=O) groups is 1. The van der Waals surface area contributed by atoms with E-state index < -0.39 is 23.2 Å². The fourth-order valence-electron chi connectivity index (χ4n) is 5.14. The number of allylic oxidation sites excluding steroid dienone is 2. The lowest BCUT2D eigenvalue weighted by Gasteiger charge is -2.29. The average molecular weight is 558 g/mol. The van der Waals surface area contributed by atoms with E-state index in [0.29, 0.717) is 23.6 Å². The second-order valence-corrected chi connectivity index (χ2v) is 10.0. The average Bonchev–Trinajstić information content (AvgIpc) is 3.42. The summed E-state index contributed by atoms with van der Waals surface area (Å²) in [7, 11) is 0. The standard InChI is InChI=1S/C32H27N7O3/c1-20-18-22(19-35-20)12-13-23-8-6-11-25-27(23)32(42)39(24-9-4-3-5-10-24)38(31(25)41)21(2)36-30(40)28-26(33)14-17-37-16-7-15-34-29(28)37/h3-11,14-16,18-21H,17,33H2,1-2H3,(H,36,40)/t20?,21-/m0/s1. The molecule has 42 heavy (non-hydrogen) atoms. The molecule has 0 aliphatic carbocycles. The van der Waals surface area contributed by atoms with E-state index in [1.54, 1.807) is 85.1 Å². The van der Waals surface area contributed by atoms with Crippen molar-refractivity contribution in [1.82, 2.24) is 19.6 Å². The van der Waals surface area contributed by atoms with Gasteiger partial charge in [0.25, 0.3) is 17.0 Å². The third-order valence-electron chi connectivity index (χ3n) is 7.11. The molecule has 1 aromatic heterocycles. The molecule has 4 heterocycles. The zero-order valence-electron chi connectivity index (χ0n) is 23.0. The SMILES string of the molecule is CC1C=C(C#Cc2cccc3c(=O)n([C@@H](C)NC(=O)C4=C5N=CC=CN5CC=C4N)n(-c4ccccc4)c(=O)c23)C=N1. The molecule has 3 aromatic rings. The van der Waals surface area contributed by atoms with E-state index >= 15 is 0 Å². The summed E-state index contributed by atoms with van der Waals surface area (Å²) in [6.07, 6.45) is 9.56. The van der Waals surface area contributed by atoms with E-state index in [2.05, 4.69) is 27.1 Å². The highest BCUT2D eigenvalue weighted by molar-refractivity contribution is 5.99. The monoisotopic (exact) mass is 557 g/mol. The van der Waals surface area contributed by atoms with E-state index in [0.717, 1.165) is 5.57 Å². The summed E-state index contributed by atoms with van der Waals surface area (Å²) < 4.78 is 2.53. The van der Waals surface area contributed by atoms with Crippen LogP contribution in [-0.2, 0) is 4.79 Å². The summed E-state index contributed by atoms with van der Waals surface area (Å²) >= 11 is 0. The summed E-state index contributed by atoms with van der Waals surface area (Å²) in [5.41, 5.74) is 7.40.